The Morgan fingerprint density at radius 1 is 1.31 bits per heavy atom. The molecule has 0 radical (unpaired) electrons. The normalized spacial score (nSPS) is 21.7. The highest BCUT2D eigenvalue weighted by molar-refractivity contribution is 7.89. The highest BCUT2D eigenvalue weighted by Gasteiger charge is 2.52. The third kappa shape index (κ3) is 2.14. The van der Waals surface area contributed by atoms with Crippen LogP contribution in [0, 0.1) is 0 Å². The summed E-state index contributed by atoms with van der Waals surface area (Å²) in [6.45, 7) is 0.0270. The van der Waals surface area contributed by atoms with Gasteiger partial charge in [0.05, 0.1) is 18.6 Å². The van der Waals surface area contributed by atoms with Gasteiger partial charge >= 0.3 is 12.0 Å². The van der Waals surface area contributed by atoms with E-state index in [0.717, 1.165) is 16.1 Å². The molecule has 3 heterocycles. The van der Waals surface area contributed by atoms with Crippen LogP contribution in [0.3, 0.4) is 0 Å². The first-order valence-electron chi connectivity index (χ1n) is 7.63. The van der Waals surface area contributed by atoms with Crippen molar-refractivity contribution in [2.24, 2.45) is 0 Å². The van der Waals surface area contributed by atoms with Crippen molar-refractivity contribution >= 4 is 22.0 Å². The summed E-state index contributed by atoms with van der Waals surface area (Å²) in [6, 6.07) is 4.89. The third-order valence-electron chi connectivity index (χ3n) is 4.50. The van der Waals surface area contributed by atoms with Gasteiger partial charge < -0.3 is 9.64 Å². The zero-order valence-electron chi connectivity index (χ0n) is 13.5. The lowest BCUT2D eigenvalue weighted by Gasteiger charge is -2.27. The summed E-state index contributed by atoms with van der Waals surface area (Å²) in [5.74, 6) is -0.768. The molecule has 2 atom stereocenters. The first-order valence-corrected chi connectivity index (χ1v) is 9.07. The Balaban J connectivity index is 1.87. The second kappa shape index (κ2) is 5.54. The van der Waals surface area contributed by atoms with Crippen molar-refractivity contribution in [3.8, 4) is 0 Å². The number of hydrogen-bond donors (Lipinski definition) is 1. The Kier molecular flexibility index (Phi) is 3.53. The summed E-state index contributed by atoms with van der Waals surface area (Å²) in [7, 11) is -2.83. The van der Waals surface area contributed by atoms with Crippen LogP contribution in [0.2, 0.25) is 0 Å². The van der Waals surface area contributed by atoms with Crippen LogP contribution in [0.25, 0.3) is 0 Å². The van der Waals surface area contributed by atoms with Gasteiger partial charge in [0.1, 0.15) is 11.7 Å². The zero-order chi connectivity index (χ0) is 18.6. The van der Waals surface area contributed by atoms with E-state index in [1.165, 1.54) is 18.3 Å². The first-order chi connectivity index (χ1) is 12.4. The molecule has 2 aliphatic rings. The number of hydroxylamine groups is 2. The zero-order valence-corrected chi connectivity index (χ0v) is 14.3. The minimum absolute atomic E-state index is 0.0249. The van der Waals surface area contributed by atoms with E-state index in [9.17, 15) is 23.2 Å². The predicted octanol–water partition coefficient (Wildman–Crippen LogP) is 0.516. The molecule has 2 amide bonds. The lowest BCUT2D eigenvalue weighted by molar-refractivity contribution is -0.146. The van der Waals surface area contributed by atoms with Crippen molar-refractivity contribution in [2.45, 2.75) is 17.0 Å². The smallest absolute Gasteiger partial charge is 0.345 e. The van der Waals surface area contributed by atoms with E-state index in [1.54, 1.807) is 18.2 Å². The number of aromatic nitrogens is 2. The van der Waals surface area contributed by atoms with Crippen LogP contribution in [0.5, 0.6) is 0 Å². The molecule has 1 fully saturated rings. The lowest BCUT2D eigenvalue weighted by Crippen LogP contribution is -2.39. The van der Waals surface area contributed by atoms with Crippen LogP contribution in [-0.4, -0.2) is 58.4 Å². The monoisotopic (exact) mass is 378 g/mol. The summed E-state index contributed by atoms with van der Waals surface area (Å²) >= 11 is 0. The fraction of sp³-hybridized carbons (Fsp3) is 0.267. The third-order valence-corrected chi connectivity index (χ3v) is 6.05. The maximum absolute atomic E-state index is 12.8. The van der Waals surface area contributed by atoms with Gasteiger partial charge in [-0.2, -0.15) is 22.7 Å². The van der Waals surface area contributed by atoms with Crippen LogP contribution in [-0.2, 0) is 19.6 Å². The van der Waals surface area contributed by atoms with Crippen LogP contribution in [0.4, 0.5) is 4.79 Å². The van der Waals surface area contributed by atoms with Crippen molar-refractivity contribution in [3.63, 3.8) is 0 Å². The number of amides is 2. The van der Waals surface area contributed by atoms with Gasteiger partial charge in [-0.05, 0) is 12.1 Å². The summed E-state index contributed by atoms with van der Waals surface area (Å²) in [5, 5.41) is 14.5. The van der Waals surface area contributed by atoms with Crippen molar-refractivity contribution in [3.05, 3.63) is 47.8 Å². The summed E-state index contributed by atoms with van der Waals surface area (Å²) in [4.78, 5) is 25.4. The number of carbonyl (C=O) groups is 2. The summed E-state index contributed by atoms with van der Waals surface area (Å²) in [5.41, 5.74) is 0.349. The van der Waals surface area contributed by atoms with E-state index in [4.69, 9.17) is 4.74 Å². The maximum atomic E-state index is 12.8. The molecule has 11 heteroatoms. The number of urea groups is 1. The number of methoxy groups -OCH3 is 1. The molecule has 4 rings (SSSR count). The number of hydrogen-bond acceptors (Lipinski definition) is 7. The molecular weight excluding hydrogens is 364 g/mol. The minimum atomic E-state index is -3.99. The number of rotatable bonds is 3. The summed E-state index contributed by atoms with van der Waals surface area (Å²) < 4.78 is 31.0. The average Bonchev–Trinajstić information content (AvgIpc) is 3.20. The Bertz CT molecular complexity index is 1000. The Morgan fingerprint density at radius 2 is 2.00 bits per heavy atom. The van der Waals surface area contributed by atoms with Gasteiger partial charge in [0.2, 0.25) is 0 Å². The van der Waals surface area contributed by atoms with E-state index in [-0.39, 0.29) is 22.7 Å². The van der Waals surface area contributed by atoms with Crippen molar-refractivity contribution in [1.29, 1.82) is 0 Å². The summed E-state index contributed by atoms with van der Waals surface area (Å²) in [6.07, 6.45) is 1.22. The standard InChI is InChI=1S/C15H14N4O6S/c1-25-14(20)13-12-10(11-8-17(13)15(21)19(11)22)7-18(16-12)26(23,24)9-5-3-2-4-6-9/h2-7,11,13,22H,8H2,1H3/t11-,13+/m1/s1. The molecule has 0 unspecified atom stereocenters. The molecule has 136 valence electrons. The molecule has 0 aliphatic carbocycles. The number of ether oxygens (including phenoxy) is 1. The van der Waals surface area contributed by atoms with Gasteiger partial charge in [0, 0.05) is 11.8 Å². The molecule has 0 spiro atoms. The van der Waals surface area contributed by atoms with E-state index in [0.29, 0.717) is 5.06 Å². The molecule has 10 nitrogen and oxygen atoms in total. The van der Waals surface area contributed by atoms with Gasteiger partial charge in [-0.1, -0.05) is 18.2 Å². The van der Waals surface area contributed by atoms with Crippen molar-refractivity contribution < 1.29 is 28.0 Å². The van der Waals surface area contributed by atoms with Gasteiger partial charge in [-0.25, -0.2) is 9.59 Å². The van der Waals surface area contributed by atoms with Crippen LogP contribution >= 0.6 is 0 Å². The molecule has 2 aliphatic heterocycles. The van der Waals surface area contributed by atoms with Crippen LogP contribution in [0.1, 0.15) is 23.3 Å². The second-order valence-electron chi connectivity index (χ2n) is 5.88. The molecular formula is C15H14N4O6S. The number of esters is 1. The number of carbonyl (C=O) groups excluding carboxylic acids is 2. The minimum Gasteiger partial charge on any atom is -0.467 e. The highest BCUT2D eigenvalue weighted by Crippen LogP contribution is 2.43. The van der Waals surface area contributed by atoms with E-state index < -0.39 is 34.1 Å². The van der Waals surface area contributed by atoms with Gasteiger partial charge in [-0.15, -0.1) is 0 Å². The molecule has 26 heavy (non-hydrogen) atoms. The van der Waals surface area contributed by atoms with Crippen LogP contribution < -0.4 is 0 Å². The molecule has 1 saturated heterocycles. The maximum Gasteiger partial charge on any atom is 0.345 e. The van der Waals surface area contributed by atoms with Gasteiger partial charge in [0.25, 0.3) is 10.0 Å². The molecule has 2 bridgehead atoms. The first kappa shape index (κ1) is 16.5. The topological polar surface area (TPSA) is 122 Å². The second-order valence-corrected chi connectivity index (χ2v) is 7.68. The van der Waals surface area contributed by atoms with Gasteiger partial charge in [0.15, 0.2) is 6.04 Å². The SMILES string of the molecule is COC(=O)[C@@H]1c2nn(S(=O)(=O)c3ccccc3)cc2[C@H]2CN1C(=O)N2O. The highest BCUT2D eigenvalue weighted by atomic mass is 32.2. The quantitative estimate of drug-likeness (QED) is 0.610. The van der Waals surface area contributed by atoms with Crippen LogP contribution in [0.15, 0.2) is 41.4 Å². The Labute approximate surface area is 148 Å². The molecule has 1 N–H and O–H groups in total. The van der Waals surface area contributed by atoms with Crippen molar-refractivity contribution in [2.75, 3.05) is 13.7 Å². The van der Waals surface area contributed by atoms with Crippen molar-refractivity contribution in [1.82, 2.24) is 19.1 Å². The fourth-order valence-corrected chi connectivity index (χ4v) is 4.39. The van der Waals surface area contributed by atoms with E-state index in [1.807, 2.05) is 0 Å². The van der Waals surface area contributed by atoms with E-state index in [2.05, 4.69) is 5.10 Å². The van der Waals surface area contributed by atoms with E-state index >= 15 is 0 Å². The molecule has 1 aromatic heterocycles. The Morgan fingerprint density at radius 3 is 2.65 bits per heavy atom. The largest absolute Gasteiger partial charge is 0.467 e. The number of benzene rings is 1. The molecule has 0 saturated carbocycles. The average molecular weight is 378 g/mol. The predicted molar refractivity (Wildman–Crippen MR) is 84.5 cm³/mol. The number of fused-ring (bicyclic) bond motifs is 4. The molecule has 2 aromatic rings. The fourth-order valence-electron chi connectivity index (χ4n) is 3.22. The number of nitrogens with zero attached hydrogens (tertiary/aromatic N) is 4. The molecule has 1 aromatic carbocycles. The Hall–Kier alpha value is -2.92. The lowest BCUT2D eigenvalue weighted by atomic mass is 9.98. The van der Waals surface area contributed by atoms with Gasteiger partial charge in [-0.3, -0.25) is 5.21 Å².